The molecule has 3 rings (SSSR count). The number of methoxy groups -OCH3 is 2. The molecule has 0 amide bonds. The molecule has 0 bridgehead atoms. The molecule has 17 atom stereocenters. The maximum Gasteiger partial charge on any atom is 0.330 e. The first kappa shape index (κ1) is 50.7. The van der Waals surface area contributed by atoms with E-state index in [9.17, 15) is 34.8 Å². The van der Waals surface area contributed by atoms with E-state index in [-0.39, 0.29) is 31.8 Å². The Morgan fingerprint density at radius 2 is 1.54 bits per heavy atom. The van der Waals surface area contributed by atoms with Gasteiger partial charge in [0, 0.05) is 38.0 Å². The van der Waals surface area contributed by atoms with E-state index in [0.717, 1.165) is 0 Å². The third-order valence-corrected chi connectivity index (χ3v) is 11.7. The zero-order valence-electron chi connectivity index (χ0n) is 36.7. The van der Waals surface area contributed by atoms with Gasteiger partial charge in [-0.1, -0.05) is 44.6 Å². The molecule has 0 aromatic heterocycles. The summed E-state index contributed by atoms with van der Waals surface area (Å²) >= 11 is 0. The topological polar surface area (TPSA) is 209 Å². The minimum Gasteiger partial charge on any atom is -0.463 e. The fraction of sp³-hybridized carbons (Fsp3) is 0.791. The Labute approximate surface area is 349 Å². The van der Waals surface area contributed by atoms with Crippen molar-refractivity contribution < 1.29 is 72.7 Å². The van der Waals surface area contributed by atoms with Crippen LogP contribution in [0.3, 0.4) is 0 Å². The fourth-order valence-electron chi connectivity index (χ4n) is 8.16. The highest BCUT2D eigenvalue weighted by atomic mass is 16.7. The van der Waals surface area contributed by atoms with Gasteiger partial charge in [0.05, 0.1) is 56.2 Å². The van der Waals surface area contributed by atoms with Crippen LogP contribution in [0, 0.1) is 23.7 Å². The van der Waals surface area contributed by atoms with Crippen molar-refractivity contribution in [2.45, 2.75) is 154 Å². The molecule has 16 heteroatoms. The van der Waals surface area contributed by atoms with E-state index in [1.165, 1.54) is 26.4 Å². The molecule has 16 nitrogen and oxygen atoms in total. The molecule has 2 fully saturated rings. The van der Waals surface area contributed by atoms with Gasteiger partial charge >= 0.3 is 11.9 Å². The highest BCUT2D eigenvalue weighted by Gasteiger charge is 2.48. The van der Waals surface area contributed by atoms with E-state index in [2.05, 4.69) is 0 Å². The monoisotopic (exact) mass is 841 g/mol. The summed E-state index contributed by atoms with van der Waals surface area (Å²) in [6.07, 6.45) is -2.94. The number of nitrogens with zero attached hydrogens (tertiary/aromatic N) is 1. The van der Waals surface area contributed by atoms with Crippen LogP contribution in [0.2, 0.25) is 0 Å². The number of hydrogen-bond acceptors (Lipinski definition) is 16. The van der Waals surface area contributed by atoms with Crippen LogP contribution in [0.5, 0.6) is 0 Å². The summed E-state index contributed by atoms with van der Waals surface area (Å²) < 4.78 is 47.1. The molecule has 3 aliphatic rings. The van der Waals surface area contributed by atoms with Gasteiger partial charge < -0.3 is 63.2 Å². The second kappa shape index (κ2) is 24.1. The number of allylic oxidation sites excluding steroid dienone is 4. The Bertz CT molecular complexity index is 1420. The number of esters is 2. The number of carbonyl (C=O) groups excluding carboxylic acids is 3. The lowest BCUT2D eigenvalue weighted by Gasteiger charge is -2.46. The lowest BCUT2D eigenvalue weighted by molar-refractivity contribution is -0.304. The number of likely N-dealkylation sites (N-methyl/N-ethyl adjacent to an activating group) is 1. The van der Waals surface area contributed by atoms with Gasteiger partial charge in [0.2, 0.25) is 0 Å². The van der Waals surface area contributed by atoms with E-state index < -0.39 is 122 Å². The first-order chi connectivity index (χ1) is 27.9. The summed E-state index contributed by atoms with van der Waals surface area (Å²) in [6, 6.07) is -0.751. The fourth-order valence-corrected chi connectivity index (χ4v) is 8.16. The molecule has 0 aromatic carbocycles. The predicted octanol–water partition coefficient (Wildman–Crippen LogP) is 2.48. The molecule has 59 heavy (non-hydrogen) atoms. The Hall–Kier alpha value is -2.61. The number of ketones is 1. The highest BCUT2D eigenvalue weighted by molar-refractivity contribution is 5.91. The minimum absolute atomic E-state index is 0.00569. The number of ether oxygens (including phenoxy) is 8. The van der Waals surface area contributed by atoms with Crippen molar-refractivity contribution in [2.75, 3.05) is 41.5 Å². The van der Waals surface area contributed by atoms with Crippen molar-refractivity contribution in [3.05, 3.63) is 36.0 Å². The second-order valence-corrected chi connectivity index (χ2v) is 16.3. The van der Waals surface area contributed by atoms with Crippen molar-refractivity contribution >= 4 is 17.7 Å². The number of hydrogen-bond donors (Lipinski definition) is 4. The third kappa shape index (κ3) is 13.9. The summed E-state index contributed by atoms with van der Waals surface area (Å²) in [5.41, 5.74) is 0.700. The Morgan fingerprint density at radius 3 is 2.15 bits per heavy atom. The van der Waals surface area contributed by atoms with Crippen LogP contribution in [-0.4, -0.2) is 164 Å². The van der Waals surface area contributed by atoms with E-state index >= 15 is 0 Å². The smallest absolute Gasteiger partial charge is 0.330 e. The van der Waals surface area contributed by atoms with Crippen molar-refractivity contribution in [2.24, 2.45) is 23.7 Å². The molecule has 0 aromatic rings. The van der Waals surface area contributed by atoms with Crippen LogP contribution in [0.4, 0.5) is 0 Å². The molecule has 338 valence electrons. The summed E-state index contributed by atoms with van der Waals surface area (Å²) in [6.45, 7) is 12.4. The molecular formula is C43H71NO15. The van der Waals surface area contributed by atoms with Crippen LogP contribution < -0.4 is 0 Å². The highest BCUT2D eigenvalue weighted by Crippen LogP contribution is 2.35. The van der Waals surface area contributed by atoms with Crippen LogP contribution in [-0.2, 0) is 52.3 Å². The average Bonchev–Trinajstić information content (AvgIpc) is 3.18. The first-order valence-electron chi connectivity index (χ1n) is 20.8. The van der Waals surface area contributed by atoms with Crippen molar-refractivity contribution in [1.82, 2.24) is 4.90 Å². The van der Waals surface area contributed by atoms with Crippen molar-refractivity contribution in [1.29, 1.82) is 0 Å². The summed E-state index contributed by atoms with van der Waals surface area (Å²) in [4.78, 5) is 41.5. The average molecular weight is 842 g/mol. The summed E-state index contributed by atoms with van der Waals surface area (Å²) in [5.74, 6) is -3.84. The van der Waals surface area contributed by atoms with E-state index in [1.807, 2.05) is 19.9 Å². The van der Waals surface area contributed by atoms with E-state index in [0.29, 0.717) is 12.0 Å². The van der Waals surface area contributed by atoms with Crippen LogP contribution >= 0.6 is 0 Å². The van der Waals surface area contributed by atoms with E-state index in [4.69, 9.17) is 37.9 Å². The SMILES string of the molecule is CCOC(=O)/C=C/C[C@H]1C[C@@H](C)C(=O)/C=C/C(C)=C/[C@H](COC2OC(C)C(O)C(OC)C2OC)[C@@H](CC)OC(=O)C[C@@H](O)[C@H](C)[C@H]1OC1OC(C)C(O)C(N(C)C)C1O. The number of aliphatic hydroxyl groups is 4. The number of carbonyl (C=O) groups is 3. The molecule has 0 radical (unpaired) electrons. The van der Waals surface area contributed by atoms with Gasteiger partial charge in [-0.15, -0.1) is 0 Å². The molecule has 10 unspecified atom stereocenters. The molecule has 3 heterocycles. The minimum atomic E-state index is -1.32. The van der Waals surface area contributed by atoms with E-state index in [1.54, 1.807) is 65.8 Å². The lowest BCUT2D eigenvalue weighted by atomic mass is 9.79. The van der Waals surface area contributed by atoms with Crippen LogP contribution in [0.25, 0.3) is 0 Å². The summed E-state index contributed by atoms with van der Waals surface area (Å²) in [5, 5.41) is 44.8. The second-order valence-electron chi connectivity index (χ2n) is 16.3. The predicted molar refractivity (Wildman–Crippen MR) is 216 cm³/mol. The van der Waals surface area contributed by atoms with Gasteiger partial charge in [-0.05, 0) is 73.0 Å². The number of rotatable bonds is 13. The number of aliphatic hydroxyl groups excluding tert-OH is 4. The molecule has 0 spiro atoms. The Morgan fingerprint density at radius 1 is 0.898 bits per heavy atom. The quantitative estimate of drug-likeness (QED) is 0.155. The van der Waals surface area contributed by atoms with Crippen LogP contribution in [0.15, 0.2) is 36.0 Å². The lowest BCUT2D eigenvalue weighted by Crippen LogP contribution is -2.63. The van der Waals surface area contributed by atoms with Gasteiger partial charge in [0.15, 0.2) is 18.4 Å². The van der Waals surface area contributed by atoms with Crippen LogP contribution in [0.1, 0.15) is 74.1 Å². The zero-order valence-corrected chi connectivity index (χ0v) is 36.7. The van der Waals surface area contributed by atoms with Gasteiger partial charge in [-0.25, -0.2) is 4.79 Å². The van der Waals surface area contributed by atoms with Gasteiger partial charge in [-0.2, -0.15) is 0 Å². The molecule has 0 aliphatic carbocycles. The molecule has 0 saturated carbocycles. The van der Waals surface area contributed by atoms with Gasteiger partial charge in [-0.3, -0.25) is 9.59 Å². The van der Waals surface area contributed by atoms with Crippen molar-refractivity contribution in [3.63, 3.8) is 0 Å². The number of cyclic esters (lactones) is 1. The maximum absolute atomic E-state index is 13.8. The maximum atomic E-state index is 13.8. The molecule has 4 N–H and O–H groups in total. The molecule has 3 aliphatic heterocycles. The molecule has 2 saturated heterocycles. The largest absolute Gasteiger partial charge is 0.463 e. The summed E-state index contributed by atoms with van der Waals surface area (Å²) in [7, 11) is 6.38. The van der Waals surface area contributed by atoms with Crippen molar-refractivity contribution in [3.8, 4) is 0 Å². The Balaban J connectivity index is 2.03. The third-order valence-electron chi connectivity index (χ3n) is 11.7. The first-order valence-corrected chi connectivity index (χ1v) is 20.8. The molecular weight excluding hydrogens is 770 g/mol. The standard InChI is InChI=1S/C43H71NO15/c1-12-32-29(22-55-43-41(53-11)40(52-10)37(50)27(7)57-43)19-23(3)17-18-30(45)24(4)20-28(15-14-16-33(47)54-13-2)39(25(5)31(46)21-34(48)58-32)59-42-38(51)35(44(8)9)36(49)26(6)56-42/h14,16-19,24-29,31-32,35-43,46,49-51H,12-13,15,20-22H2,1-11H3/b16-14+,18-17+,23-19+/t24-,25+,26?,27?,28+,29-,31-,32-,35?,36?,37?,38?,39-,40?,41?,42?,43?/m1/s1. The zero-order chi connectivity index (χ0) is 44.1. The van der Waals surface area contributed by atoms with Gasteiger partial charge in [0.1, 0.15) is 30.5 Å². The van der Waals surface area contributed by atoms with Gasteiger partial charge in [0.25, 0.3) is 0 Å². The Kier molecular flexibility index (Phi) is 20.8. The normalized spacial score (nSPS) is 41.0.